The number of methoxy groups -OCH3 is 2. The molecule has 0 bridgehead atoms. The molecule has 1 rings (SSSR count). The van der Waals surface area contributed by atoms with Gasteiger partial charge in [-0.3, -0.25) is 4.90 Å². The van der Waals surface area contributed by atoms with Crippen LogP contribution in [0.5, 0.6) is 0 Å². The van der Waals surface area contributed by atoms with Crippen LogP contribution >= 0.6 is 0 Å². The molecular formula is C14H30N2O2. The van der Waals surface area contributed by atoms with E-state index in [1.165, 1.54) is 19.3 Å². The summed E-state index contributed by atoms with van der Waals surface area (Å²) in [5.74, 6) is 0.705. The SMILES string of the molecule is COC(OC)C(C)(CN)N(CCC(C)C)C1CC1. The quantitative estimate of drug-likeness (QED) is 0.641. The van der Waals surface area contributed by atoms with E-state index in [0.29, 0.717) is 18.5 Å². The first kappa shape index (κ1) is 15.9. The van der Waals surface area contributed by atoms with Gasteiger partial charge in [-0.1, -0.05) is 13.8 Å². The molecule has 1 fully saturated rings. The van der Waals surface area contributed by atoms with Gasteiger partial charge < -0.3 is 15.2 Å². The summed E-state index contributed by atoms with van der Waals surface area (Å²) < 4.78 is 11.0. The third-order valence-corrected chi connectivity index (χ3v) is 3.94. The average Bonchev–Trinajstić information content (AvgIpc) is 3.14. The van der Waals surface area contributed by atoms with Crippen LogP contribution in [0.2, 0.25) is 0 Å². The smallest absolute Gasteiger partial charge is 0.176 e. The fourth-order valence-corrected chi connectivity index (χ4v) is 2.59. The second-order valence-corrected chi connectivity index (χ2v) is 5.97. The molecule has 0 heterocycles. The first-order valence-corrected chi connectivity index (χ1v) is 7.02. The standard InChI is InChI=1S/C14H30N2O2/c1-11(2)8-9-16(12-6-7-12)14(3,10-15)13(17-4)18-5/h11-13H,6-10,15H2,1-5H3. The molecule has 18 heavy (non-hydrogen) atoms. The van der Waals surface area contributed by atoms with E-state index < -0.39 is 0 Å². The van der Waals surface area contributed by atoms with Gasteiger partial charge in [0.2, 0.25) is 0 Å². The maximum Gasteiger partial charge on any atom is 0.176 e. The van der Waals surface area contributed by atoms with E-state index in [9.17, 15) is 0 Å². The highest BCUT2D eigenvalue weighted by Gasteiger charge is 2.45. The zero-order valence-corrected chi connectivity index (χ0v) is 12.6. The predicted molar refractivity (Wildman–Crippen MR) is 74.4 cm³/mol. The van der Waals surface area contributed by atoms with Gasteiger partial charge in [0.05, 0.1) is 5.54 Å². The lowest BCUT2D eigenvalue weighted by Gasteiger charge is -2.45. The van der Waals surface area contributed by atoms with Crippen LogP contribution in [-0.4, -0.2) is 50.1 Å². The lowest BCUT2D eigenvalue weighted by atomic mass is 9.97. The number of rotatable bonds is 9. The van der Waals surface area contributed by atoms with Gasteiger partial charge in [-0.2, -0.15) is 0 Å². The van der Waals surface area contributed by atoms with Crippen LogP contribution in [0.3, 0.4) is 0 Å². The predicted octanol–water partition coefficient (Wildman–Crippen LogP) is 1.83. The molecule has 0 aromatic carbocycles. The van der Waals surface area contributed by atoms with Crippen molar-refractivity contribution in [1.82, 2.24) is 4.90 Å². The van der Waals surface area contributed by atoms with Gasteiger partial charge >= 0.3 is 0 Å². The summed E-state index contributed by atoms with van der Waals surface area (Å²) in [5, 5.41) is 0. The summed E-state index contributed by atoms with van der Waals surface area (Å²) in [4.78, 5) is 2.50. The van der Waals surface area contributed by atoms with Crippen molar-refractivity contribution in [2.24, 2.45) is 11.7 Å². The summed E-state index contributed by atoms with van der Waals surface area (Å²) >= 11 is 0. The van der Waals surface area contributed by atoms with Crippen molar-refractivity contribution in [2.75, 3.05) is 27.3 Å². The molecule has 0 spiro atoms. The second-order valence-electron chi connectivity index (χ2n) is 5.97. The molecule has 4 heteroatoms. The van der Waals surface area contributed by atoms with Gasteiger partial charge in [0, 0.05) is 26.8 Å². The van der Waals surface area contributed by atoms with Crippen molar-refractivity contribution in [1.29, 1.82) is 0 Å². The maximum atomic E-state index is 6.03. The minimum Gasteiger partial charge on any atom is -0.354 e. The van der Waals surface area contributed by atoms with Crippen molar-refractivity contribution < 1.29 is 9.47 Å². The highest BCUT2D eigenvalue weighted by atomic mass is 16.7. The highest BCUT2D eigenvalue weighted by molar-refractivity contribution is 4.99. The topological polar surface area (TPSA) is 47.7 Å². The van der Waals surface area contributed by atoms with Gasteiger partial charge in [-0.15, -0.1) is 0 Å². The largest absolute Gasteiger partial charge is 0.354 e. The van der Waals surface area contributed by atoms with Crippen molar-refractivity contribution in [3.05, 3.63) is 0 Å². The fraction of sp³-hybridized carbons (Fsp3) is 1.00. The summed E-state index contributed by atoms with van der Waals surface area (Å²) in [6.07, 6.45) is 3.46. The molecule has 1 atom stereocenters. The summed E-state index contributed by atoms with van der Waals surface area (Å²) in [6, 6.07) is 0.657. The Hall–Kier alpha value is -0.160. The zero-order valence-electron chi connectivity index (χ0n) is 12.6. The van der Waals surface area contributed by atoms with Gasteiger partial charge in [-0.05, 0) is 38.6 Å². The zero-order chi connectivity index (χ0) is 13.8. The Balaban J connectivity index is 2.78. The molecule has 1 aliphatic carbocycles. The molecule has 0 amide bonds. The molecule has 0 aromatic heterocycles. The molecular weight excluding hydrogens is 228 g/mol. The molecule has 4 nitrogen and oxygen atoms in total. The van der Waals surface area contributed by atoms with Crippen molar-refractivity contribution in [2.45, 2.75) is 57.9 Å². The first-order chi connectivity index (χ1) is 8.49. The Morgan fingerprint density at radius 1 is 1.28 bits per heavy atom. The van der Waals surface area contributed by atoms with E-state index in [1.54, 1.807) is 14.2 Å². The molecule has 0 aliphatic heterocycles. The van der Waals surface area contributed by atoms with Crippen molar-refractivity contribution in [3.63, 3.8) is 0 Å². The third kappa shape index (κ3) is 3.67. The minimum absolute atomic E-state index is 0.237. The molecule has 1 aliphatic rings. The monoisotopic (exact) mass is 258 g/mol. The average molecular weight is 258 g/mol. The molecule has 1 saturated carbocycles. The molecule has 0 saturated heterocycles. The number of ether oxygens (including phenoxy) is 2. The molecule has 0 radical (unpaired) electrons. The van der Waals surface area contributed by atoms with Crippen LogP contribution in [0.1, 0.15) is 40.0 Å². The van der Waals surface area contributed by atoms with Crippen LogP contribution in [0, 0.1) is 5.92 Å². The van der Waals surface area contributed by atoms with Crippen LogP contribution in [0.4, 0.5) is 0 Å². The van der Waals surface area contributed by atoms with E-state index in [0.717, 1.165) is 6.54 Å². The van der Waals surface area contributed by atoms with Crippen molar-refractivity contribution in [3.8, 4) is 0 Å². The first-order valence-electron chi connectivity index (χ1n) is 7.02. The lowest BCUT2D eigenvalue weighted by Crippen LogP contribution is -2.61. The molecule has 2 N–H and O–H groups in total. The minimum atomic E-state index is -0.268. The van der Waals surface area contributed by atoms with Crippen LogP contribution < -0.4 is 5.73 Å². The van der Waals surface area contributed by atoms with Crippen LogP contribution in [-0.2, 0) is 9.47 Å². The van der Waals surface area contributed by atoms with E-state index in [4.69, 9.17) is 15.2 Å². The summed E-state index contributed by atoms with van der Waals surface area (Å²) in [7, 11) is 3.38. The molecule has 1 unspecified atom stereocenters. The highest BCUT2D eigenvalue weighted by Crippen LogP contribution is 2.35. The van der Waals surface area contributed by atoms with Crippen molar-refractivity contribution >= 4 is 0 Å². The Morgan fingerprint density at radius 2 is 1.83 bits per heavy atom. The normalized spacial score (nSPS) is 19.8. The Morgan fingerprint density at radius 3 is 2.17 bits per heavy atom. The van der Waals surface area contributed by atoms with E-state index >= 15 is 0 Å². The van der Waals surface area contributed by atoms with Crippen LogP contribution in [0.15, 0.2) is 0 Å². The van der Waals surface area contributed by atoms with Gasteiger partial charge in [0.15, 0.2) is 6.29 Å². The third-order valence-electron chi connectivity index (χ3n) is 3.94. The Labute approximate surface area is 112 Å². The maximum absolute atomic E-state index is 6.03. The number of hydrogen-bond acceptors (Lipinski definition) is 4. The fourth-order valence-electron chi connectivity index (χ4n) is 2.59. The van der Waals surface area contributed by atoms with Gasteiger partial charge in [0.25, 0.3) is 0 Å². The van der Waals surface area contributed by atoms with Crippen LogP contribution in [0.25, 0.3) is 0 Å². The molecule has 0 aromatic rings. The van der Waals surface area contributed by atoms with E-state index in [1.807, 2.05) is 0 Å². The lowest BCUT2D eigenvalue weighted by molar-refractivity contribution is -0.183. The van der Waals surface area contributed by atoms with Gasteiger partial charge in [0.1, 0.15) is 0 Å². The number of hydrogen-bond donors (Lipinski definition) is 1. The number of nitrogens with two attached hydrogens (primary N) is 1. The summed E-state index contributed by atoms with van der Waals surface area (Å²) in [6.45, 7) is 8.29. The Bertz CT molecular complexity index is 240. The molecule has 108 valence electrons. The number of nitrogens with zero attached hydrogens (tertiary/aromatic N) is 1. The van der Waals surface area contributed by atoms with Gasteiger partial charge in [-0.25, -0.2) is 0 Å². The summed E-state index contributed by atoms with van der Waals surface area (Å²) in [5.41, 5.74) is 5.79. The Kier molecular flexibility index (Phi) is 6.05. The van der Waals surface area contributed by atoms with E-state index in [-0.39, 0.29) is 11.8 Å². The van der Waals surface area contributed by atoms with E-state index in [2.05, 4.69) is 25.7 Å². The second kappa shape index (κ2) is 6.85.